The molecule has 0 N–H and O–H groups in total. The van der Waals surface area contributed by atoms with Gasteiger partial charge in [0.05, 0.1) is 18.5 Å². The Balaban J connectivity index is 1.59. The lowest BCUT2D eigenvalue weighted by molar-refractivity contribution is -0.121. The van der Waals surface area contributed by atoms with Crippen molar-refractivity contribution >= 4 is 46.9 Å². The molecule has 4 aromatic carbocycles. The fourth-order valence-electron chi connectivity index (χ4n) is 4.43. The number of para-hydroxylation sites is 2. The largest absolute Gasteiger partial charge is 0.496 e. The molecule has 1 saturated heterocycles. The summed E-state index contributed by atoms with van der Waals surface area (Å²) in [4.78, 5) is 42.6. The van der Waals surface area contributed by atoms with E-state index < -0.39 is 17.8 Å². The maximum absolute atomic E-state index is 13.7. The molecule has 0 saturated carbocycles. The average Bonchev–Trinajstić information content (AvgIpc) is 2.93. The Morgan fingerprint density at radius 1 is 0.795 bits per heavy atom. The highest BCUT2D eigenvalue weighted by molar-refractivity contribution is 6.46. The molecule has 6 nitrogen and oxygen atoms in total. The normalized spacial score (nSPS) is 13.6. The molecule has 0 unspecified atom stereocenters. The van der Waals surface area contributed by atoms with E-state index in [-0.39, 0.29) is 11.4 Å². The van der Waals surface area contributed by atoms with E-state index in [9.17, 15) is 18.8 Å². The summed E-state index contributed by atoms with van der Waals surface area (Å²) in [5.74, 6) is -1.48. The predicted molar refractivity (Wildman–Crippen MR) is 148 cm³/mol. The van der Waals surface area contributed by atoms with Crippen molar-refractivity contribution in [2.45, 2.75) is 6.42 Å². The quantitative estimate of drug-likeness (QED) is 0.202. The minimum atomic E-state index is -0.777. The van der Waals surface area contributed by atoms with Crippen LogP contribution in [0.3, 0.4) is 0 Å². The van der Waals surface area contributed by atoms with E-state index in [0.29, 0.717) is 45.3 Å². The zero-order valence-corrected chi connectivity index (χ0v) is 21.6. The lowest BCUT2D eigenvalue weighted by Crippen LogP contribution is -2.57. The van der Waals surface area contributed by atoms with Crippen LogP contribution in [-0.4, -0.2) is 25.0 Å². The number of hydrogen-bond donors (Lipinski definition) is 0. The topological polar surface area (TPSA) is 66.9 Å². The Kier molecular flexibility index (Phi) is 7.25. The number of anilines is 2. The molecular formula is C31H22ClFN2O4. The van der Waals surface area contributed by atoms with Crippen LogP contribution in [0.5, 0.6) is 5.75 Å². The first-order valence-corrected chi connectivity index (χ1v) is 12.4. The standard InChI is InChI=1S/C31H22ClFN2O4/c1-39-28-19-21(18-27(32)25(28)16-20-9-8-10-22(33)15-20)17-26-29(36)34(23-11-4-2-5-12-23)31(38)35(30(26)37)24-13-6-3-7-14-24/h2-15,17-19H,16H2,1H3. The van der Waals surface area contributed by atoms with Gasteiger partial charge in [-0.05, 0) is 65.7 Å². The van der Waals surface area contributed by atoms with Gasteiger partial charge in [-0.2, -0.15) is 0 Å². The van der Waals surface area contributed by atoms with Gasteiger partial charge in [0.25, 0.3) is 11.8 Å². The van der Waals surface area contributed by atoms with Crippen LogP contribution >= 0.6 is 11.6 Å². The Bertz CT molecular complexity index is 1540. The Morgan fingerprint density at radius 2 is 1.38 bits per heavy atom. The summed E-state index contributed by atoms with van der Waals surface area (Å²) in [5.41, 5.74) is 2.18. The summed E-state index contributed by atoms with van der Waals surface area (Å²) in [5, 5.41) is 0.317. The van der Waals surface area contributed by atoms with E-state index in [2.05, 4.69) is 0 Å². The zero-order chi connectivity index (χ0) is 27.5. The third-order valence-corrected chi connectivity index (χ3v) is 6.59. The maximum atomic E-state index is 13.7. The summed E-state index contributed by atoms with van der Waals surface area (Å²) in [6.07, 6.45) is 1.70. The first-order chi connectivity index (χ1) is 18.9. The van der Waals surface area contributed by atoms with Gasteiger partial charge in [0, 0.05) is 17.0 Å². The van der Waals surface area contributed by atoms with Gasteiger partial charge in [-0.25, -0.2) is 19.0 Å². The van der Waals surface area contributed by atoms with Gasteiger partial charge in [0.1, 0.15) is 17.1 Å². The molecule has 5 rings (SSSR count). The Labute approximate surface area is 229 Å². The first kappa shape index (κ1) is 25.9. The van der Waals surface area contributed by atoms with Crippen molar-refractivity contribution in [2.24, 2.45) is 0 Å². The molecule has 0 spiro atoms. The van der Waals surface area contributed by atoms with Crippen LogP contribution in [-0.2, 0) is 16.0 Å². The van der Waals surface area contributed by atoms with Crippen LogP contribution in [0.15, 0.2) is 103 Å². The highest BCUT2D eigenvalue weighted by atomic mass is 35.5. The highest BCUT2D eigenvalue weighted by Crippen LogP contribution is 2.34. The first-order valence-electron chi connectivity index (χ1n) is 12.0. The van der Waals surface area contributed by atoms with Crippen molar-refractivity contribution in [2.75, 3.05) is 16.9 Å². The summed E-state index contributed by atoms with van der Waals surface area (Å²) >= 11 is 6.62. The van der Waals surface area contributed by atoms with E-state index in [1.54, 1.807) is 84.9 Å². The van der Waals surface area contributed by atoms with E-state index in [4.69, 9.17) is 16.3 Å². The molecule has 0 radical (unpaired) electrons. The number of nitrogens with zero attached hydrogens (tertiary/aromatic N) is 2. The summed E-state index contributed by atoms with van der Waals surface area (Å²) in [7, 11) is 1.47. The monoisotopic (exact) mass is 540 g/mol. The summed E-state index contributed by atoms with van der Waals surface area (Å²) < 4.78 is 19.3. The number of halogens is 2. The molecule has 1 aliphatic rings. The number of carbonyl (C=O) groups excluding carboxylic acids is 3. The number of ether oxygens (including phenoxy) is 1. The molecule has 0 bridgehead atoms. The summed E-state index contributed by atoms with van der Waals surface area (Å²) in [6.45, 7) is 0. The van der Waals surface area contributed by atoms with Crippen molar-refractivity contribution < 1.29 is 23.5 Å². The van der Waals surface area contributed by atoms with Crippen LogP contribution in [0.1, 0.15) is 16.7 Å². The van der Waals surface area contributed by atoms with Crippen LogP contribution < -0.4 is 14.5 Å². The van der Waals surface area contributed by atoms with Gasteiger partial charge in [-0.1, -0.05) is 60.1 Å². The number of benzene rings is 4. The number of hydrogen-bond acceptors (Lipinski definition) is 4. The van der Waals surface area contributed by atoms with Gasteiger partial charge in [0.2, 0.25) is 0 Å². The molecule has 0 aliphatic carbocycles. The molecular weight excluding hydrogens is 519 g/mol. The predicted octanol–water partition coefficient (Wildman–Crippen LogP) is 6.66. The van der Waals surface area contributed by atoms with E-state index >= 15 is 0 Å². The third kappa shape index (κ3) is 5.17. The van der Waals surface area contributed by atoms with Gasteiger partial charge in [0.15, 0.2) is 0 Å². The number of urea groups is 1. The van der Waals surface area contributed by atoms with Crippen LogP contribution in [0.25, 0.3) is 6.08 Å². The second-order valence-electron chi connectivity index (χ2n) is 8.78. The molecule has 1 aliphatic heterocycles. The van der Waals surface area contributed by atoms with Gasteiger partial charge in [-0.15, -0.1) is 0 Å². The third-order valence-electron chi connectivity index (χ3n) is 6.26. The fraction of sp³-hybridized carbons (Fsp3) is 0.0645. The molecule has 194 valence electrons. The smallest absolute Gasteiger partial charge is 0.343 e. The Morgan fingerprint density at radius 3 is 1.92 bits per heavy atom. The highest BCUT2D eigenvalue weighted by Gasteiger charge is 2.43. The van der Waals surface area contributed by atoms with Gasteiger partial charge < -0.3 is 4.74 Å². The molecule has 0 aromatic heterocycles. The number of barbiturate groups is 1. The Hall–Kier alpha value is -4.75. The van der Waals surface area contributed by atoms with Crippen LogP contribution in [0.4, 0.5) is 20.6 Å². The molecule has 4 amide bonds. The van der Waals surface area contributed by atoms with E-state index in [0.717, 1.165) is 9.80 Å². The SMILES string of the molecule is COc1cc(C=C2C(=O)N(c3ccccc3)C(=O)N(c3ccccc3)C2=O)cc(Cl)c1Cc1cccc(F)c1. The number of amides is 4. The van der Waals surface area contributed by atoms with E-state index in [1.807, 2.05) is 0 Å². The summed E-state index contributed by atoms with van der Waals surface area (Å²) in [6, 6.07) is 25.4. The van der Waals surface area contributed by atoms with Gasteiger partial charge in [-0.3, -0.25) is 9.59 Å². The zero-order valence-electron chi connectivity index (χ0n) is 20.8. The van der Waals surface area contributed by atoms with Crippen molar-refractivity contribution in [1.29, 1.82) is 0 Å². The molecule has 0 atom stereocenters. The van der Waals surface area contributed by atoms with Crippen LogP contribution in [0, 0.1) is 5.82 Å². The average molecular weight is 541 g/mol. The van der Waals surface area contributed by atoms with Crippen LogP contribution in [0.2, 0.25) is 5.02 Å². The molecule has 4 aromatic rings. The molecule has 1 fully saturated rings. The fourth-order valence-corrected chi connectivity index (χ4v) is 4.71. The number of imide groups is 2. The van der Waals surface area contributed by atoms with Gasteiger partial charge >= 0.3 is 6.03 Å². The van der Waals surface area contributed by atoms with Crippen molar-refractivity contribution in [3.8, 4) is 5.75 Å². The van der Waals surface area contributed by atoms with Crippen molar-refractivity contribution in [3.05, 3.63) is 130 Å². The van der Waals surface area contributed by atoms with E-state index in [1.165, 1.54) is 25.3 Å². The molecule has 39 heavy (non-hydrogen) atoms. The number of methoxy groups -OCH3 is 1. The second-order valence-corrected chi connectivity index (χ2v) is 9.19. The number of carbonyl (C=O) groups is 3. The van der Waals surface area contributed by atoms with Crippen molar-refractivity contribution in [3.63, 3.8) is 0 Å². The molecule has 1 heterocycles. The lowest BCUT2D eigenvalue weighted by Gasteiger charge is -2.34. The minimum absolute atomic E-state index is 0.224. The number of rotatable bonds is 6. The second kappa shape index (κ2) is 10.9. The maximum Gasteiger partial charge on any atom is 0.343 e. The molecule has 8 heteroatoms. The minimum Gasteiger partial charge on any atom is -0.496 e. The lowest BCUT2D eigenvalue weighted by atomic mass is 10.00. The van der Waals surface area contributed by atoms with Crippen molar-refractivity contribution in [1.82, 2.24) is 0 Å².